The van der Waals surface area contributed by atoms with Gasteiger partial charge in [-0.25, -0.2) is 18.6 Å². The first-order valence-corrected chi connectivity index (χ1v) is 7.60. The van der Waals surface area contributed by atoms with Gasteiger partial charge in [0, 0.05) is 25.0 Å². The van der Waals surface area contributed by atoms with Gasteiger partial charge in [-0.05, 0) is 18.2 Å². The largest absolute Gasteiger partial charge is 0.336 e. The van der Waals surface area contributed by atoms with Crippen LogP contribution in [0.4, 0.5) is 19.3 Å². The third-order valence-corrected chi connectivity index (χ3v) is 3.73. The highest BCUT2D eigenvalue weighted by Gasteiger charge is 2.23. The average Bonchev–Trinajstić information content (AvgIpc) is 3.01. The van der Waals surface area contributed by atoms with E-state index >= 15 is 0 Å². The summed E-state index contributed by atoms with van der Waals surface area (Å²) in [6.07, 6.45) is 3.25. The number of hydrogen-bond donors (Lipinski definition) is 2. The molecule has 7 heteroatoms. The van der Waals surface area contributed by atoms with Gasteiger partial charge in [-0.2, -0.15) is 0 Å². The number of carbonyl (C=O) groups excluding carboxylic acids is 1. The summed E-state index contributed by atoms with van der Waals surface area (Å²) >= 11 is 0. The van der Waals surface area contributed by atoms with Gasteiger partial charge in [0.1, 0.15) is 23.5 Å². The van der Waals surface area contributed by atoms with E-state index in [-0.39, 0.29) is 11.3 Å². The number of aromatic nitrogens is 2. The van der Waals surface area contributed by atoms with E-state index in [0.29, 0.717) is 5.82 Å². The summed E-state index contributed by atoms with van der Waals surface area (Å²) in [7, 11) is 1.74. The molecule has 0 saturated heterocycles. The highest BCUT2D eigenvalue weighted by molar-refractivity contribution is 5.89. The van der Waals surface area contributed by atoms with Gasteiger partial charge in [0.2, 0.25) is 0 Å². The van der Waals surface area contributed by atoms with Gasteiger partial charge in [-0.15, -0.1) is 0 Å². The van der Waals surface area contributed by atoms with Crippen LogP contribution >= 0.6 is 0 Å². The zero-order valence-corrected chi connectivity index (χ0v) is 13.4. The van der Waals surface area contributed by atoms with Crippen LogP contribution in [-0.2, 0) is 7.05 Å². The molecule has 25 heavy (non-hydrogen) atoms. The SMILES string of the molecule is Cn1ccnc1[C@H](NC(=O)Nc1ccccc1F)c1ccccc1F. The van der Waals surface area contributed by atoms with E-state index in [1.807, 2.05) is 0 Å². The lowest BCUT2D eigenvalue weighted by Crippen LogP contribution is -2.35. The van der Waals surface area contributed by atoms with E-state index in [1.54, 1.807) is 48.3 Å². The lowest BCUT2D eigenvalue weighted by Gasteiger charge is -2.20. The van der Waals surface area contributed by atoms with Crippen molar-refractivity contribution in [2.45, 2.75) is 6.04 Å². The van der Waals surface area contributed by atoms with Gasteiger partial charge in [0.05, 0.1) is 5.69 Å². The lowest BCUT2D eigenvalue weighted by atomic mass is 10.1. The summed E-state index contributed by atoms with van der Waals surface area (Å²) in [4.78, 5) is 16.5. The predicted octanol–water partition coefficient (Wildman–Crippen LogP) is 3.61. The number of aryl methyl sites for hydroxylation is 1. The highest BCUT2D eigenvalue weighted by atomic mass is 19.1. The van der Waals surface area contributed by atoms with Crippen molar-refractivity contribution in [1.29, 1.82) is 0 Å². The topological polar surface area (TPSA) is 59.0 Å². The van der Waals surface area contributed by atoms with Crippen molar-refractivity contribution in [2.75, 3.05) is 5.32 Å². The number of rotatable bonds is 4. The molecule has 0 fully saturated rings. The normalized spacial score (nSPS) is 11.8. The van der Waals surface area contributed by atoms with Crippen LogP contribution in [-0.4, -0.2) is 15.6 Å². The van der Waals surface area contributed by atoms with Gasteiger partial charge in [-0.1, -0.05) is 30.3 Å². The molecule has 0 aliphatic heterocycles. The summed E-state index contributed by atoms with van der Waals surface area (Å²) in [5.41, 5.74) is 0.299. The number of nitrogens with one attached hydrogen (secondary N) is 2. The van der Waals surface area contributed by atoms with Gasteiger partial charge in [-0.3, -0.25) is 0 Å². The molecular formula is C18H16F2N4O. The van der Waals surface area contributed by atoms with Crippen molar-refractivity contribution in [3.8, 4) is 0 Å². The number of halogens is 2. The summed E-state index contributed by atoms with van der Waals surface area (Å²) in [6, 6.07) is 10.4. The summed E-state index contributed by atoms with van der Waals surface area (Å²) < 4.78 is 29.6. The Balaban J connectivity index is 1.88. The second-order valence-electron chi connectivity index (χ2n) is 5.43. The minimum Gasteiger partial charge on any atom is -0.336 e. The fourth-order valence-corrected chi connectivity index (χ4v) is 2.50. The number of amides is 2. The van der Waals surface area contributed by atoms with Crippen LogP contribution in [0.3, 0.4) is 0 Å². The van der Waals surface area contributed by atoms with E-state index in [2.05, 4.69) is 15.6 Å². The molecule has 0 saturated carbocycles. The first kappa shape index (κ1) is 16.6. The number of nitrogens with zero attached hydrogens (tertiary/aromatic N) is 2. The van der Waals surface area contributed by atoms with Crippen molar-refractivity contribution in [1.82, 2.24) is 14.9 Å². The first-order chi connectivity index (χ1) is 12.1. The molecule has 0 aliphatic carbocycles. The molecule has 2 amide bonds. The van der Waals surface area contributed by atoms with Gasteiger partial charge in [0.25, 0.3) is 0 Å². The Morgan fingerprint density at radius 3 is 2.40 bits per heavy atom. The third-order valence-electron chi connectivity index (χ3n) is 3.73. The molecule has 3 aromatic rings. The average molecular weight is 342 g/mol. The van der Waals surface area contributed by atoms with Crippen molar-refractivity contribution in [3.63, 3.8) is 0 Å². The molecule has 0 radical (unpaired) electrons. The summed E-state index contributed by atoms with van der Waals surface area (Å²) in [5.74, 6) is -0.576. The number of carbonyl (C=O) groups is 1. The summed E-state index contributed by atoms with van der Waals surface area (Å²) in [5, 5.41) is 5.08. The van der Waals surface area contributed by atoms with Gasteiger partial charge < -0.3 is 15.2 Å². The Kier molecular flexibility index (Phi) is 4.74. The maximum Gasteiger partial charge on any atom is 0.320 e. The minimum atomic E-state index is -0.826. The molecule has 2 aromatic carbocycles. The van der Waals surface area contributed by atoms with E-state index in [1.165, 1.54) is 24.3 Å². The molecule has 0 spiro atoms. The molecule has 0 aliphatic rings. The monoisotopic (exact) mass is 342 g/mol. The first-order valence-electron chi connectivity index (χ1n) is 7.60. The second-order valence-corrected chi connectivity index (χ2v) is 5.43. The van der Waals surface area contributed by atoms with Crippen LogP contribution in [0.2, 0.25) is 0 Å². The summed E-state index contributed by atoms with van der Waals surface area (Å²) in [6.45, 7) is 0. The molecule has 0 bridgehead atoms. The smallest absolute Gasteiger partial charge is 0.320 e. The Hall–Kier alpha value is -3.22. The molecule has 0 unspecified atom stereocenters. The van der Waals surface area contributed by atoms with E-state index in [4.69, 9.17) is 0 Å². The molecular weight excluding hydrogens is 326 g/mol. The molecule has 128 valence electrons. The minimum absolute atomic E-state index is 0.0344. The van der Waals surface area contributed by atoms with Gasteiger partial charge >= 0.3 is 6.03 Å². The van der Waals surface area contributed by atoms with Crippen LogP contribution in [0, 0.1) is 11.6 Å². The molecule has 2 N–H and O–H groups in total. The van der Waals surface area contributed by atoms with Crippen LogP contribution in [0.5, 0.6) is 0 Å². The van der Waals surface area contributed by atoms with E-state index < -0.39 is 23.7 Å². The second kappa shape index (κ2) is 7.12. The maximum absolute atomic E-state index is 14.2. The van der Waals surface area contributed by atoms with Gasteiger partial charge in [0.15, 0.2) is 0 Å². The number of hydrogen-bond acceptors (Lipinski definition) is 2. The van der Waals surface area contributed by atoms with Crippen molar-refractivity contribution in [3.05, 3.63) is 83.9 Å². The predicted molar refractivity (Wildman–Crippen MR) is 90.0 cm³/mol. The molecule has 1 aromatic heterocycles. The zero-order chi connectivity index (χ0) is 17.8. The molecule has 1 heterocycles. The Morgan fingerprint density at radius 1 is 1.08 bits per heavy atom. The molecule has 3 rings (SSSR count). The molecule has 5 nitrogen and oxygen atoms in total. The van der Waals surface area contributed by atoms with E-state index in [9.17, 15) is 13.6 Å². The van der Waals surface area contributed by atoms with Crippen LogP contribution < -0.4 is 10.6 Å². The van der Waals surface area contributed by atoms with Crippen molar-refractivity contribution < 1.29 is 13.6 Å². The van der Waals surface area contributed by atoms with E-state index in [0.717, 1.165) is 0 Å². The molecule has 1 atom stereocenters. The van der Waals surface area contributed by atoms with Crippen LogP contribution in [0.15, 0.2) is 60.9 Å². The number of urea groups is 1. The quantitative estimate of drug-likeness (QED) is 0.761. The van der Waals surface area contributed by atoms with Crippen molar-refractivity contribution in [2.24, 2.45) is 7.05 Å². The van der Waals surface area contributed by atoms with Crippen molar-refractivity contribution >= 4 is 11.7 Å². The highest BCUT2D eigenvalue weighted by Crippen LogP contribution is 2.23. The zero-order valence-electron chi connectivity index (χ0n) is 13.4. The fourth-order valence-electron chi connectivity index (χ4n) is 2.50. The van der Waals surface area contributed by atoms with Crippen LogP contribution in [0.1, 0.15) is 17.4 Å². The Bertz CT molecular complexity index is 894. The Morgan fingerprint density at radius 2 is 1.76 bits per heavy atom. The lowest BCUT2D eigenvalue weighted by molar-refractivity contribution is 0.249. The van der Waals surface area contributed by atoms with Crippen LogP contribution in [0.25, 0.3) is 0 Å². The standard InChI is InChI=1S/C18H16F2N4O/c1-24-11-10-21-17(24)16(12-6-2-3-7-13(12)19)23-18(25)22-15-9-5-4-8-14(15)20/h2-11,16H,1H3,(H2,22,23,25)/t16-/m1/s1. The number of para-hydroxylation sites is 1. The third kappa shape index (κ3) is 3.65. The Labute approximate surface area is 143 Å². The number of benzene rings is 2. The number of anilines is 1. The maximum atomic E-state index is 14.2. The fraction of sp³-hybridized carbons (Fsp3) is 0.111. The number of imidazole rings is 1.